The Morgan fingerprint density at radius 1 is 1.03 bits per heavy atom. The summed E-state index contributed by atoms with van der Waals surface area (Å²) in [4.78, 5) is 11.5. The van der Waals surface area contributed by atoms with Crippen LogP contribution in [0.15, 0.2) is 73.3 Å². The Morgan fingerprint density at radius 3 is 2.45 bits per heavy atom. The van der Waals surface area contributed by atoms with Gasteiger partial charge in [-0.25, -0.2) is 4.39 Å². The third kappa shape index (κ3) is 6.79. The van der Waals surface area contributed by atoms with Crippen molar-refractivity contribution in [2.75, 3.05) is 21.3 Å². The summed E-state index contributed by atoms with van der Waals surface area (Å²) in [6.45, 7) is 8.20. The lowest BCUT2D eigenvalue weighted by molar-refractivity contribution is -0.142. The van der Waals surface area contributed by atoms with Gasteiger partial charge in [0.15, 0.2) is 0 Å². The van der Waals surface area contributed by atoms with Crippen LogP contribution < -0.4 is 9.47 Å². The van der Waals surface area contributed by atoms with Gasteiger partial charge in [0.1, 0.15) is 23.9 Å². The van der Waals surface area contributed by atoms with Crippen LogP contribution in [0, 0.1) is 11.2 Å². The Labute approximate surface area is 223 Å². The van der Waals surface area contributed by atoms with Gasteiger partial charge in [-0.05, 0) is 58.7 Å². The Bertz CT molecular complexity index is 1270. The molecule has 0 fully saturated rings. The molecule has 0 spiro atoms. The number of hydrogen-bond donors (Lipinski definition) is 1. The van der Waals surface area contributed by atoms with E-state index in [0.29, 0.717) is 28.2 Å². The topological polar surface area (TPSA) is 74.2 Å². The number of aliphatic hydroxyl groups is 1. The first kappa shape index (κ1) is 28.9. The van der Waals surface area contributed by atoms with Gasteiger partial charge in [0.05, 0.1) is 32.8 Å². The van der Waals surface area contributed by atoms with E-state index in [1.807, 2.05) is 38.1 Å². The number of rotatable bonds is 12. The quantitative estimate of drug-likeness (QED) is 0.214. The highest BCUT2D eigenvalue weighted by Crippen LogP contribution is 2.43. The minimum absolute atomic E-state index is 0.150. The van der Waals surface area contributed by atoms with Gasteiger partial charge in [-0.3, -0.25) is 4.79 Å². The van der Waals surface area contributed by atoms with Crippen LogP contribution in [-0.4, -0.2) is 32.4 Å². The molecule has 0 aliphatic rings. The third-order valence-electron chi connectivity index (χ3n) is 6.54. The molecule has 0 radical (unpaired) electrons. The van der Waals surface area contributed by atoms with E-state index >= 15 is 4.39 Å². The molecule has 38 heavy (non-hydrogen) atoms. The van der Waals surface area contributed by atoms with Crippen molar-refractivity contribution in [2.24, 2.45) is 5.41 Å². The van der Waals surface area contributed by atoms with Gasteiger partial charge < -0.3 is 24.1 Å². The molecule has 0 aliphatic heterocycles. The van der Waals surface area contributed by atoms with Crippen molar-refractivity contribution in [1.29, 1.82) is 0 Å². The number of benzene rings is 3. The van der Waals surface area contributed by atoms with E-state index < -0.39 is 23.6 Å². The maximum absolute atomic E-state index is 15.0. The molecule has 6 nitrogen and oxygen atoms in total. The van der Waals surface area contributed by atoms with Crippen LogP contribution in [0.1, 0.15) is 49.2 Å². The van der Waals surface area contributed by atoms with Gasteiger partial charge in [0, 0.05) is 18.1 Å². The second-order valence-electron chi connectivity index (χ2n) is 9.57. The lowest BCUT2D eigenvalue weighted by Gasteiger charge is -2.32. The van der Waals surface area contributed by atoms with Crippen LogP contribution in [0.2, 0.25) is 0 Å². The van der Waals surface area contributed by atoms with E-state index in [2.05, 4.69) is 11.3 Å². The van der Waals surface area contributed by atoms with Crippen LogP contribution in [0.25, 0.3) is 11.1 Å². The van der Waals surface area contributed by atoms with E-state index in [9.17, 15) is 9.90 Å². The van der Waals surface area contributed by atoms with Crippen molar-refractivity contribution < 1.29 is 33.2 Å². The van der Waals surface area contributed by atoms with Crippen LogP contribution in [0.5, 0.6) is 11.5 Å². The number of esters is 1. The van der Waals surface area contributed by atoms with E-state index in [4.69, 9.17) is 14.2 Å². The molecule has 2 atom stereocenters. The zero-order valence-corrected chi connectivity index (χ0v) is 22.5. The Morgan fingerprint density at radius 2 is 1.79 bits per heavy atom. The second-order valence-corrected chi connectivity index (χ2v) is 9.57. The maximum Gasteiger partial charge on any atom is 0.308 e. The van der Waals surface area contributed by atoms with Crippen LogP contribution in [-0.2, 0) is 20.9 Å². The van der Waals surface area contributed by atoms with Crippen molar-refractivity contribution in [1.82, 2.24) is 0 Å². The van der Waals surface area contributed by atoms with Crippen molar-refractivity contribution in [3.05, 3.63) is 95.8 Å². The highest BCUT2D eigenvalue weighted by atomic mass is 19.1. The lowest BCUT2D eigenvalue weighted by Crippen LogP contribution is -2.22. The molecule has 3 aromatic rings. The van der Waals surface area contributed by atoms with Gasteiger partial charge in [-0.1, -0.05) is 44.2 Å². The number of methoxy groups -OCH3 is 3. The normalized spacial score (nSPS) is 12.9. The van der Waals surface area contributed by atoms with E-state index in [0.717, 1.165) is 11.1 Å². The summed E-state index contributed by atoms with van der Waals surface area (Å²) in [6, 6.07) is 17.2. The molecule has 0 amide bonds. The van der Waals surface area contributed by atoms with Gasteiger partial charge in [-0.2, -0.15) is 0 Å². The first-order valence-electron chi connectivity index (χ1n) is 12.2. The van der Waals surface area contributed by atoms with Gasteiger partial charge in [0.25, 0.3) is 0 Å². The smallest absolute Gasteiger partial charge is 0.308 e. The SMILES string of the molecule is C=CC(C)(C)C(OC)c1cc(COc2cccc([C@H](O)CC(=O)OC)c2)ccc1-c1cc(OC)ccc1F. The molecule has 0 aromatic heterocycles. The van der Waals surface area contributed by atoms with E-state index in [1.54, 1.807) is 50.6 Å². The zero-order valence-electron chi connectivity index (χ0n) is 22.5. The molecule has 0 saturated heterocycles. The first-order valence-corrected chi connectivity index (χ1v) is 12.2. The monoisotopic (exact) mass is 522 g/mol. The van der Waals surface area contributed by atoms with Crippen molar-refractivity contribution in [2.45, 2.75) is 39.1 Å². The number of carbonyl (C=O) groups is 1. The molecular formula is C31H35FO6. The summed E-state index contributed by atoms with van der Waals surface area (Å²) in [7, 11) is 4.44. The molecule has 0 heterocycles. The van der Waals surface area contributed by atoms with Crippen LogP contribution >= 0.6 is 0 Å². The molecule has 0 bridgehead atoms. The fraction of sp³-hybridized carbons (Fsp3) is 0.323. The molecule has 202 valence electrons. The molecule has 1 unspecified atom stereocenters. The number of ether oxygens (including phenoxy) is 4. The first-order chi connectivity index (χ1) is 18.1. The zero-order chi connectivity index (χ0) is 27.9. The Balaban J connectivity index is 1.96. The third-order valence-corrected chi connectivity index (χ3v) is 6.54. The molecule has 3 aromatic carbocycles. The van der Waals surface area contributed by atoms with Crippen molar-refractivity contribution >= 4 is 5.97 Å². The minimum atomic E-state index is -1.00. The predicted molar refractivity (Wildman–Crippen MR) is 144 cm³/mol. The molecular weight excluding hydrogens is 487 g/mol. The highest BCUT2D eigenvalue weighted by molar-refractivity contribution is 5.71. The number of aliphatic hydroxyl groups excluding tert-OH is 1. The van der Waals surface area contributed by atoms with Crippen molar-refractivity contribution in [3.63, 3.8) is 0 Å². The minimum Gasteiger partial charge on any atom is -0.497 e. The molecule has 1 N–H and O–H groups in total. The molecule has 3 rings (SSSR count). The standard InChI is InChI=1S/C31H35FO6/c1-7-31(2,3)30(37-6)26-15-20(11-13-24(26)25-17-22(35-4)12-14-27(25)32)19-38-23-10-8-9-21(16-23)28(33)18-29(34)36-5/h7-17,28,30,33H,1,18-19H2,2-6H3/t28-,30?/m1/s1. The summed E-state index contributed by atoms with van der Waals surface area (Å²) in [6.07, 6.45) is 0.250. The van der Waals surface area contributed by atoms with E-state index in [1.165, 1.54) is 13.2 Å². The summed E-state index contributed by atoms with van der Waals surface area (Å²) < 4.78 is 36.9. The number of halogens is 1. The van der Waals surface area contributed by atoms with Gasteiger partial charge >= 0.3 is 5.97 Å². The van der Waals surface area contributed by atoms with E-state index in [-0.39, 0.29) is 18.8 Å². The summed E-state index contributed by atoms with van der Waals surface area (Å²) in [5.41, 5.74) is 2.80. The fourth-order valence-corrected chi connectivity index (χ4v) is 4.28. The molecule has 0 aliphatic carbocycles. The number of carbonyl (C=O) groups excluding carboxylic acids is 1. The van der Waals surface area contributed by atoms with Gasteiger partial charge in [-0.15, -0.1) is 6.58 Å². The summed E-state index contributed by atoms with van der Waals surface area (Å²) in [5, 5.41) is 10.3. The lowest BCUT2D eigenvalue weighted by atomic mass is 9.79. The predicted octanol–water partition coefficient (Wildman–Crippen LogP) is 6.58. The molecule has 7 heteroatoms. The van der Waals surface area contributed by atoms with Gasteiger partial charge in [0.2, 0.25) is 0 Å². The molecule has 0 saturated carbocycles. The Kier molecular flexibility index (Phi) is 9.66. The highest BCUT2D eigenvalue weighted by Gasteiger charge is 2.31. The fourth-order valence-electron chi connectivity index (χ4n) is 4.28. The Hall–Kier alpha value is -3.68. The van der Waals surface area contributed by atoms with Crippen LogP contribution in [0.3, 0.4) is 0 Å². The summed E-state index contributed by atoms with van der Waals surface area (Å²) >= 11 is 0. The van der Waals surface area contributed by atoms with Crippen molar-refractivity contribution in [3.8, 4) is 22.6 Å². The largest absolute Gasteiger partial charge is 0.497 e. The number of hydrogen-bond acceptors (Lipinski definition) is 6. The van der Waals surface area contributed by atoms with Crippen LogP contribution in [0.4, 0.5) is 4.39 Å². The average molecular weight is 523 g/mol. The maximum atomic E-state index is 15.0. The summed E-state index contributed by atoms with van der Waals surface area (Å²) in [5.74, 6) is 0.209. The second kappa shape index (κ2) is 12.7. The average Bonchev–Trinajstić information content (AvgIpc) is 2.92.